The molecule has 0 unspecified atom stereocenters. The van der Waals surface area contributed by atoms with Crippen LogP contribution in [0.4, 0.5) is 0 Å². The van der Waals surface area contributed by atoms with Crippen molar-refractivity contribution in [1.29, 1.82) is 0 Å². The Balaban J connectivity index is 1.82. The lowest BCUT2D eigenvalue weighted by molar-refractivity contribution is -0.129. The number of hydrogen-bond acceptors (Lipinski definition) is 3. The van der Waals surface area contributed by atoms with Crippen molar-refractivity contribution in [2.24, 2.45) is 5.10 Å². The van der Waals surface area contributed by atoms with Crippen LogP contribution in [-0.2, 0) is 11.3 Å². The van der Waals surface area contributed by atoms with Gasteiger partial charge in [-0.3, -0.25) is 4.79 Å². The maximum absolute atomic E-state index is 12.1. The van der Waals surface area contributed by atoms with E-state index in [-0.39, 0.29) is 0 Å². The number of aromatic nitrogens is 1. The van der Waals surface area contributed by atoms with Gasteiger partial charge < -0.3 is 9.67 Å². The number of aliphatic hydroxyl groups excluding tert-OH is 1. The van der Waals surface area contributed by atoms with Crippen LogP contribution in [0.3, 0.4) is 0 Å². The Hall–Kier alpha value is -3.18. The number of amides is 1. The number of carbonyl (C=O) groups is 1. The van der Waals surface area contributed by atoms with Crippen molar-refractivity contribution >= 4 is 23.0 Å². The minimum absolute atomic E-state index is 0.527. The van der Waals surface area contributed by atoms with Gasteiger partial charge in [-0.2, -0.15) is 5.10 Å². The highest BCUT2D eigenvalue weighted by atomic mass is 16.3. The highest BCUT2D eigenvalue weighted by Gasteiger charge is 2.16. The van der Waals surface area contributed by atoms with Crippen LogP contribution in [0.1, 0.15) is 22.9 Å². The quantitative estimate of drug-likeness (QED) is 0.408. The fourth-order valence-electron chi connectivity index (χ4n) is 2.99. The summed E-state index contributed by atoms with van der Waals surface area (Å²) in [5, 5.41) is 15.2. The Morgan fingerprint density at radius 1 is 1.23 bits per heavy atom. The summed E-state index contributed by atoms with van der Waals surface area (Å²) in [5.41, 5.74) is 5.99. The van der Waals surface area contributed by atoms with Crippen LogP contribution in [0, 0.1) is 6.92 Å². The van der Waals surface area contributed by atoms with E-state index in [9.17, 15) is 9.90 Å². The number of carbonyl (C=O) groups excluding carboxylic acids is 1. The highest BCUT2D eigenvalue weighted by Crippen LogP contribution is 2.24. The number of rotatable bonds is 6. The number of para-hydroxylation sites is 1. The summed E-state index contributed by atoms with van der Waals surface area (Å²) in [6, 6.07) is 16.8. The summed E-state index contributed by atoms with van der Waals surface area (Å²) in [6.45, 7) is 6.51. The van der Waals surface area contributed by atoms with Gasteiger partial charge in [0.1, 0.15) is 0 Å². The summed E-state index contributed by atoms with van der Waals surface area (Å²) in [5.74, 6) is -0.570. The predicted octanol–water partition coefficient (Wildman–Crippen LogP) is 3.32. The molecule has 0 bridgehead atoms. The van der Waals surface area contributed by atoms with Gasteiger partial charge in [0.25, 0.3) is 5.91 Å². The first-order chi connectivity index (χ1) is 12.6. The third-order valence-corrected chi connectivity index (χ3v) is 4.32. The van der Waals surface area contributed by atoms with Crippen molar-refractivity contribution in [3.63, 3.8) is 0 Å². The SMILES string of the molecule is C=CCn1c(C)c(/C=N\NC(=O)[C@@H](O)c2ccccc2)c2ccccc21. The fourth-order valence-corrected chi connectivity index (χ4v) is 2.99. The van der Waals surface area contributed by atoms with E-state index in [1.807, 2.05) is 43.3 Å². The average Bonchev–Trinajstić information content (AvgIpc) is 2.94. The smallest absolute Gasteiger partial charge is 0.273 e. The molecule has 132 valence electrons. The Morgan fingerprint density at radius 3 is 2.65 bits per heavy atom. The third-order valence-electron chi connectivity index (χ3n) is 4.32. The number of allylic oxidation sites excluding steroid dienone is 1. The molecule has 1 aromatic heterocycles. The van der Waals surface area contributed by atoms with Crippen LogP contribution in [-0.4, -0.2) is 21.8 Å². The van der Waals surface area contributed by atoms with Gasteiger partial charge in [0, 0.05) is 28.7 Å². The zero-order valence-electron chi connectivity index (χ0n) is 14.6. The molecule has 0 aliphatic heterocycles. The standard InChI is InChI=1S/C21H21N3O2/c1-3-13-24-15(2)18(17-11-7-8-12-19(17)24)14-22-23-21(26)20(25)16-9-5-4-6-10-16/h3-12,14,20,25H,1,13H2,2H3,(H,23,26)/b22-14-/t20-/m0/s1. The predicted molar refractivity (Wildman–Crippen MR) is 104 cm³/mol. The number of aliphatic hydroxyl groups is 1. The summed E-state index contributed by atoms with van der Waals surface area (Å²) in [6.07, 6.45) is 2.21. The molecule has 0 aliphatic carbocycles. The van der Waals surface area contributed by atoms with E-state index in [1.165, 1.54) is 0 Å². The van der Waals surface area contributed by atoms with Crippen molar-refractivity contribution in [2.75, 3.05) is 0 Å². The van der Waals surface area contributed by atoms with Crippen molar-refractivity contribution in [3.05, 3.63) is 84.1 Å². The normalized spacial score (nSPS) is 12.4. The lowest BCUT2D eigenvalue weighted by Crippen LogP contribution is -2.25. The first-order valence-electron chi connectivity index (χ1n) is 8.38. The molecule has 5 heteroatoms. The number of hydrogen-bond donors (Lipinski definition) is 2. The van der Waals surface area contributed by atoms with Gasteiger partial charge >= 0.3 is 0 Å². The van der Waals surface area contributed by atoms with Gasteiger partial charge in [-0.15, -0.1) is 6.58 Å². The molecular formula is C21H21N3O2. The van der Waals surface area contributed by atoms with E-state index in [1.54, 1.807) is 30.5 Å². The Bertz CT molecular complexity index is 958. The maximum Gasteiger partial charge on any atom is 0.273 e. The monoisotopic (exact) mass is 347 g/mol. The molecule has 0 fully saturated rings. The second kappa shape index (κ2) is 7.80. The molecule has 0 aliphatic rings. The van der Waals surface area contributed by atoms with E-state index in [0.29, 0.717) is 12.1 Å². The van der Waals surface area contributed by atoms with Crippen molar-refractivity contribution in [3.8, 4) is 0 Å². The minimum atomic E-state index is -1.25. The lowest BCUT2D eigenvalue weighted by Gasteiger charge is -2.08. The number of hydrazone groups is 1. The Morgan fingerprint density at radius 2 is 1.92 bits per heavy atom. The van der Waals surface area contributed by atoms with Crippen LogP contribution < -0.4 is 5.43 Å². The minimum Gasteiger partial charge on any atom is -0.378 e. The third kappa shape index (κ3) is 3.43. The Labute approximate surface area is 152 Å². The molecule has 2 aromatic carbocycles. The van der Waals surface area contributed by atoms with E-state index in [2.05, 4.69) is 21.7 Å². The summed E-state index contributed by atoms with van der Waals surface area (Å²) < 4.78 is 2.14. The summed E-state index contributed by atoms with van der Waals surface area (Å²) >= 11 is 0. The molecule has 2 N–H and O–H groups in total. The van der Waals surface area contributed by atoms with Crippen LogP contribution in [0.5, 0.6) is 0 Å². The van der Waals surface area contributed by atoms with Crippen LogP contribution >= 0.6 is 0 Å². The number of nitrogens with zero attached hydrogens (tertiary/aromatic N) is 2. The number of nitrogens with one attached hydrogen (secondary N) is 1. The van der Waals surface area contributed by atoms with E-state index in [0.717, 1.165) is 22.2 Å². The second-order valence-corrected chi connectivity index (χ2v) is 5.96. The molecule has 0 spiro atoms. The molecule has 1 heterocycles. The molecule has 3 aromatic rings. The first-order valence-corrected chi connectivity index (χ1v) is 8.38. The second-order valence-electron chi connectivity index (χ2n) is 5.96. The van der Waals surface area contributed by atoms with E-state index < -0.39 is 12.0 Å². The van der Waals surface area contributed by atoms with E-state index in [4.69, 9.17) is 0 Å². The fraction of sp³-hybridized carbons (Fsp3) is 0.143. The molecule has 1 amide bonds. The maximum atomic E-state index is 12.1. The van der Waals surface area contributed by atoms with Gasteiger partial charge in [0.2, 0.25) is 0 Å². The highest BCUT2D eigenvalue weighted by molar-refractivity contribution is 6.01. The Kier molecular flexibility index (Phi) is 5.29. The average molecular weight is 347 g/mol. The molecule has 0 saturated heterocycles. The van der Waals surface area contributed by atoms with Crippen LogP contribution in [0.2, 0.25) is 0 Å². The van der Waals surface area contributed by atoms with Crippen LogP contribution in [0.25, 0.3) is 10.9 Å². The molecule has 0 saturated carbocycles. The van der Waals surface area contributed by atoms with Crippen molar-refractivity contribution in [2.45, 2.75) is 19.6 Å². The van der Waals surface area contributed by atoms with Gasteiger partial charge in [0.15, 0.2) is 6.10 Å². The van der Waals surface area contributed by atoms with Crippen LogP contribution in [0.15, 0.2) is 72.4 Å². The van der Waals surface area contributed by atoms with Gasteiger partial charge in [-0.25, -0.2) is 5.43 Å². The molecule has 1 atom stereocenters. The summed E-state index contributed by atoms with van der Waals surface area (Å²) in [7, 11) is 0. The van der Waals surface area contributed by atoms with Gasteiger partial charge in [-0.1, -0.05) is 54.6 Å². The van der Waals surface area contributed by atoms with Gasteiger partial charge in [0.05, 0.1) is 6.21 Å². The molecule has 3 rings (SSSR count). The first kappa shape index (κ1) is 17.6. The van der Waals surface area contributed by atoms with Crippen molar-refractivity contribution in [1.82, 2.24) is 9.99 Å². The zero-order valence-corrected chi connectivity index (χ0v) is 14.6. The summed E-state index contributed by atoms with van der Waals surface area (Å²) in [4.78, 5) is 12.1. The van der Waals surface area contributed by atoms with E-state index >= 15 is 0 Å². The largest absolute Gasteiger partial charge is 0.378 e. The number of fused-ring (bicyclic) bond motifs is 1. The molecule has 26 heavy (non-hydrogen) atoms. The van der Waals surface area contributed by atoms with Gasteiger partial charge in [-0.05, 0) is 18.6 Å². The zero-order chi connectivity index (χ0) is 18.5. The van der Waals surface area contributed by atoms with Crippen molar-refractivity contribution < 1.29 is 9.90 Å². The molecular weight excluding hydrogens is 326 g/mol. The molecule has 0 radical (unpaired) electrons. The number of benzene rings is 2. The lowest BCUT2D eigenvalue weighted by atomic mass is 10.1. The topological polar surface area (TPSA) is 66.6 Å². The molecule has 5 nitrogen and oxygen atoms in total.